The second kappa shape index (κ2) is 8.28. The largest absolute Gasteiger partial charge is 0.394 e. The predicted molar refractivity (Wildman–Crippen MR) is 77.7 cm³/mol. The standard InChI is InChI=1S/C14H32O2Si/c1-7-11-14(5,6)17(10-4,15-12-8-2)16-13-9-3/h7-13H2,1-6H3. The van der Waals surface area contributed by atoms with E-state index >= 15 is 0 Å². The molecule has 0 N–H and O–H groups in total. The quantitative estimate of drug-likeness (QED) is 0.521. The van der Waals surface area contributed by atoms with Gasteiger partial charge in [-0.15, -0.1) is 0 Å². The van der Waals surface area contributed by atoms with Gasteiger partial charge in [-0.05, 0) is 25.3 Å². The van der Waals surface area contributed by atoms with Gasteiger partial charge in [0.1, 0.15) is 0 Å². The summed E-state index contributed by atoms with van der Waals surface area (Å²) >= 11 is 0. The highest BCUT2D eigenvalue weighted by atomic mass is 28.4. The molecule has 0 atom stereocenters. The Morgan fingerprint density at radius 1 is 0.824 bits per heavy atom. The molecule has 0 aromatic carbocycles. The van der Waals surface area contributed by atoms with Crippen molar-refractivity contribution in [2.75, 3.05) is 13.2 Å². The van der Waals surface area contributed by atoms with Crippen molar-refractivity contribution in [3.05, 3.63) is 0 Å². The lowest BCUT2D eigenvalue weighted by Crippen LogP contribution is -2.51. The van der Waals surface area contributed by atoms with E-state index in [1.165, 1.54) is 12.8 Å². The van der Waals surface area contributed by atoms with Gasteiger partial charge in [0.05, 0.1) is 0 Å². The first-order chi connectivity index (χ1) is 7.99. The fourth-order valence-electron chi connectivity index (χ4n) is 2.46. The van der Waals surface area contributed by atoms with Crippen molar-refractivity contribution in [2.24, 2.45) is 0 Å². The van der Waals surface area contributed by atoms with Crippen molar-refractivity contribution in [3.8, 4) is 0 Å². The Morgan fingerprint density at radius 3 is 1.59 bits per heavy atom. The maximum absolute atomic E-state index is 6.26. The Morgan fingerprint density at radius 2 is 1.29 bits per heavy atom. The summed E-state index contributed by atoms with van der Waals surface area (Å²) in [5, 5.41) is 0.209. The average molecular weight is 260 g/mol. The highest BCUT2D eigenvalue weighted by Crippen LogP contribution is 2.45. The lowest BCUT2D eigenvalue weighted by Gasteiger charge is -2.42. The van der Waals surface area contributed by atoms with E-state index in [0.29, 0.717) is 0 Å². The van der Waals surface area contributed by atoms with Gasteiger partial charge in [-0.25, -0.2) is 0 Å². The SMILES string of the molecule is CCCO[Si](CC)(OCCC)C(C)(C)CCC. The van der Waals surface area contributed by atoms with Crippen LogP contribution in [-0.2, 0) is 8.85 Å². The topological polar surface area (TPSA) is 18.5 Å². The van der Waals surface area contributed by atoms with Crippen molar-refractivity contribution in [1.29, 1.82) is 0 Å². The molecule has 0 aliphatic carbocycles. The molecule has 0 aromatic heterocycles. The molecule has 0 saturated carbocycles. The lowest BCUT2D eigenvalue weighted by atomic mass is 10.1. The smallest absolute Gasteiger partial charge is 0.343 e. The maximum atomic E-state index is 6.26. The van der Waals surface area contributed by atoms with Crippen LogP contribution in [0.15, 0.2) is 0 Å². The zero-order valence-electron chi connectivity index (χ0n) is 12.8. The van der Waals surface area contributed by atoms with Gasteiger partial charge in [-0.3, -0.25) is 0 Å². The molecule has 0 spiro atoms. The molecule has 3 heteroatoms. The van der Waals surface area contributed by atoms with Crippen LogP contribution in [0.4, 0.5) is 0 Å². The summed E-state index contributed by atoms with van der Waals surface area (Å²) in [7, 11) is -2.06. The summed E-state index contributed by atoms with van der Waals surface area (Å²) in [6.45, 7) is 15.2. The van der Waals surface area contributed by atoms with Crippen LogP contribution < -0.4 is 0 Å². The van der Waals surface area contributed by atoms with Crippen LogP contribution in [0, 0.1) is 0 Å². The molecule has 0 rings (SSSR count). The molecule has 0 aromatic rings. The molecular weight excluding hydrogens is 228 g/mol. The van der Waals surface area contributed by atoms with Crippen LogP contribution in [0.3, 0.4) is 0 Å². The third-order valence-electron chi connectivity index (χ3n) is 3.45. The van der Waals surface area contributed by atoms with E-state index in [-0.39, 0.29) is 5.04 Å². The van der Waals surface area contributed by atoms with E-state index in [9.17, 15) is 0 Å². The minimum atomic E-state index is -2.06. The Balaban J connectivity index is 4.86. The van der Waals surface area contributed by atoms with Crippen molar-refractivity contribution < 1.29 is 8.85 Å². The van der Waals surface area contributed by atoms with Gasteiger partial charge in [0.2, 0.25) is 0 Å². The molecule has 0 unspecified atom stereocenters. The van der Waals surface area contributed by atoms with E-state index in [4.69, 9.17) is 8.85 Å². The molecule has 0 bridgehead atoms. The van der Waals surface area contributed by atoms with Gasteiger partial charge in [0.25, 0.3) is 0 Å². The Hall–Kier alpha value is 0.137. The predicted octanol–water partition coefficient (Wildman–Crippen LogP) is 4.88. The minimum absolute atomic E-state index is 0.209. The van der Waals surface area contributed by atoms with Crippen molar-refractivity contribution >= 4 is 8.56 Å². The lowest BCUT2D eigenvalue weighted by molar-refractivity contribution is 0.142. The Bertz CT molecular complexity index is 185. The van der Waals surface area contributed by atoms with Gasteiger partial charge in [0, 0.05) is 18.3 Å². The van der Waals surface area contributed by atoms with E-state index in [1.54, 1.807) is 0 Å². The van der Waals surface area contributed by atoms with Gasteiger partial charge in [-0.1, -0.05) is 48.0 Å². The first-order valence-corrected chi connectivity index (χ1v) is 9.29. The molecule has 0 aliphatic heterocycles. The third kappa shape index (κ3) is 4.72. The monoisotopic (exact) mass is 260 g/mol. The van der Waals surface area contributed by atoms with Crippen LogP contribution >= 0.6 is 0 Å². The molecule has 2 nitrogen and oxygen atoms in total. The number of hydrogen-bond donors (Lipinski definition) is 0. The summed E-state index contributed by atoms with van der Waals surface area (Å²) in [6, 6.07) is 1.06. The van der Waals surface area contributed by atoms with Gasteiger partial charge in [-0.2, -0.15) is 0 Å². The summed E-state index contributed by atoms with van der Waals surface area (Å²) in [4.78, 5) is 0. The highest BCUT2D eigenvalue weighted by molar-refractivity contribution is 6.70. The van der Waals surface area contributed by atoms with E-state index in [0.717, 1.165) is 32.1 Å². The molecule has 0 fully saturated rings. The second-order valence-corrected chi connectivity index (χ2v) is 9.58. The number of hydrogen-bond acceptors (Lipinski definition) is 2. The van der Waals surface area contributed by atoms with Gasteiger partial charge >= 0.3 is 8.56 Å². The number of rotatable bonds is 10. The highest BCUT2D eigenvalue weighted by Gasteiger charge is 2.49. The first kappa shape index (κ1) is 17.1. The van der Waals surface area contributed by atoms with E-state index in [1.807, 2.05) is 0 Å². The van der Waals surface area contributed by atoms with Crippen LogP contribution in [0.1, 0.15) is 67.2 Å². The average Bonchev–Trinajstić information content (AvgIpc) is 2.29. The van der Waals surface area contributed by atoms with Gasteiger partial charge in [0.15, 0.2) is 0 Å². The third-order valence-corrected chi connectivity index (χ3v) is 8.03. The molecular formula is C14H32O2Si. The fourth-order valence-corrected chi connectivity index (χ4v) is 6.39. The van der Waals surface area contributed by atoms with Crippen molar-refractivity contribution in [2.45, 2.75) is 78.3 Å². The Kier molecular flexibility index (Phi) is 8.34. The molecule has 17 heavy (non-hydrogen) atoms. The van der Waals surface area contributed by atoms with Crippen LogP contribution in [0.25, 0.3) is 0 Å². The van der Waals surface area contributed by atoms with E-state index < -0.39 is 8.56 Å². The molecule has 0 radical (unpaired) electrons. The molecule has 0 saturated heterocycles. The maximum Gasteiger partial charge on any atom is 0.343 e. The zero-order valence-corrected chi connectivity index (χ0v) is 13.8. The Labute approximate surface area is 109 Å². The molecule has 0 amide bonds. The second-order valence-electron chi connectivity index (χ2n) is 5.44. The minimum Gasteiger partial charge on any atom is -0.394 e. The zero-order chi connectivity index (χ0) is 13.4. The van der Waals surface area contributed by atoms with Gasteiger partial charge < -0.3 is 8.85 Å². The summed E-state index contributed by atoms with van der Waals surface area (Å²) < 4.78 is 12.5. The summed E-state index contributed by atoms with van der Waals surface area (Å²) in [6.07, 6.45) is 4.55. The molecule has 0 heterocycles. The normalized spacial score (nSPS) is 13.1. The van der Waals surface area contributed by atoms with Crippen molar-refractivity contribution in [3.63, 3.8) is 0 Å². The molecule has 0 aliphatic rings. The summed E-state index contributed by atoms with van der Waals surface area (Å²) in [5.41, 5.74) is 0. The van der Waals surface area contributed by atoms with Crippen molar-refractivity contribution in [1.82, 2.24) is 0 Å². The fraction of sp³-hybridized carbons (Fsp3) is 1.00. The molecule has 104 valence electrons. The van der Waals surface area contributed by atoms with E-state index in [2.05, 4.69) is 41.5 Å². The van der Waals surface area contributed by atoms with Crippen LogP contribution in [0.5, 0.6) is 0 Å². The van der Waals surface area contributed by atoms with Crippen LogP contribution in [0.2, 0.25) is 11.1 Å². The van der Waals surface area contributed by atoms with Crippen LogP contribution in [-0.4, -0.2) is 21.8 Å². The first-order valence-electron chi connectivity index (χ1n) is 7.27. The summed E-state index contributed by atoms with van der Waals surface area (Å²) in [5.74, 6) is 0.